The second-order valence-corrected chi connectivity index (χ2v) is 8.04. The second kappa shape index (κ2) is 11.1. The van der Waals surface area contributed by atoms with Crippen LogP contribution in [0.2, 0.25) is 0 Å². The van der Waals surface area contributed by atoms with E-state index in [1.54, 1.807) is 36.4 Å². The fourth-order valence-corrected chi connectivity index (χ4v) is 3.35. The van der Waals surface area contributed by atoms with Crippen molar-refractivity contribution in [1.29, 1.82) is 5.26 Å². The third-order valence-corrected chi connectivity index (χ3v) is 5.19. The van der Waals surface area contributed by atoms with E-state index < -0.39 is 11.7 Å². The number of benzene rings is 3. The highest BCUT2D eigenvalue weighted by Gasteiger charge is 2.11. The smallest absolute Gasteiger partial charge is 0.288 e. The molecule has 0 bridgehead atoms. The maximum absolute atomic E-state index is 12.5. The van der Waals surface area contributed by atoms with Crippen molar-refractivity contribution in [3.8, 4) is 6.07 Å². The van der Waals surface area contributed by atoms with E-state index >= 15 is 0 Å². The van der Waals surface area contributed by atoms with Gasteiger partial charge in [-0.2, -0.15) is 14.0 Å². The van der Waals surface area contributed by atoms with Crippen LogP contribution in [0, 0.1) is 18.3 Å². The molecule has 0 aromatic heterocycles. The highest BCUT2D eigenvalue weighted by molar-refractivity contribution is 7.99. The molecular formula is C25H19F2N3O2S. The van der Waals surface area contributed by atoms with E-state index in [2.05, 4.69) is 10.6 Å². The molecule has 0 radical (unpaired) electrons. The van der Waals surface area contributed by atoms with Crippen LogP contribution < -0.4 is 10.6 Å². The average molecular weight is 464 g/mol. The van der Waals surface area contributed by atoms with Crippen molar-refractivity contribution >= 4 is 41.0 Å². The van der Waals surface area contributed by atoms with Gasteiger partial charge in [0.15, 0.2) is 0 Å². The van der Waals surface area contributed by atoms with Crippen LogP contribution in [0.5, 0.6) is 0 Å². The Kier molecular flexibility index (Phi) is 7.95. The van der Waals surface area contributed by atoms with E-state index in [1.807, 2.05) is 25.1 Å². The van der Waals surface area contributed by atoms with Crippen LogP contribution in [0.15, 0.2) is 83.3 Å². The largest absolute Gasteiger partial charge is 0.322 e. The van der Waals surface area contributed by atoms with E-state index in [0.717, 1.165) is 5.56 Å². The molecule has 0 spiro atoms. The van der Waals surface area contributed by atoms with Crippen molar-refractivity contribution in [3.05, 3.63) is 95.1 Å². The SMILES string of the molecule is Cc1ccc(C(=O)Nc2cccc(/C=C(\C#N)C(=O)Nc3ccc(SC(F)F)cc3)c2)cc1. The molecule has 0 heterocycles. The summed E-state index contributed by atoms with van der Waals surface area (Å²) < 4.78 is 24.8. The first-order valence-electron chi connectivity index (χ1n) is 9.80. The maximum atomic E-state index is 12.5. The van der Waals surface area contributed by atoms with Gasteiger partial charge in [-0.15, -0.1) is 0 Å². The van der Waals surface area contributed by atoms with Gasteiger partial charge in [-0.25, -0.2) is 0 Å². The maximum Gasteiger partial charge on any atom is 0.288 e. The summed E-state index contributed by atoms with van der Waals surface area (Å²) in [4.78, 5) is 25.3. The third kappa shape index (κ3) is 7.02. The van der Waals surface area contributed by atoms with Gasteiger partial charge in [-0.05, 0) is 67.1 Å². The Hall–Kier alpha value is -3.96. The predicted molar refractivity (Wildman–Crippen MR) is 126 cm³/mol. The molecule has 8 heteroatoms. The molecular weight excluding hydrogens is 444 g/mol. The van der Waals surface area contributed by atoms with Gasteiger partial charge in [0.2, 0.25) is 0 Å². The number of amides is 2. The normalized spacial score (nSPS) is 11.1. The number of thioether (sulfide) groups is 1. The van der Waals surface area contributed by atoms with Crippen LogP contribution >= 0.6 is 11.8 Å². The van der Waals surface area contributed by atoms with Crippen molar-refractivity contribution < 1.29 is 18.4 Å². The predicted octanol–water partition coefficient (Wildman–Crippen LogP) is 6.11. The van der Waals surface area contributed by atoms with E-state index in [4.69, 9.17) is 0 Å². The third-order valence-electron chi connectivity index (χ3n) is 4.47. The lowest BCUT2D eigenvalue weighted by molar-refractivity contribution is -0.112. The van der Waals surface area contributed by atoms with E-state index in [-0.39, 0.29) is 11.5 Å². The molecule has 0 unspecified atom stereocenters. The number of carbonyl (C=O) groups is 2. The summed E-state index contributed by atoms with van der Waals surface area (Å²) in [6.07, 6.45) is 1.40. The molecule has 5 nitrogen and oxygen atoms in total. The van der Waals surface area contributed by atoms with Crippen molar-refractivity contribution in [2.24, 2.45) is 0 Å². The molecule has 0 atom stereocenters. The molecule has 0 aliphatic rings. The van der Waals surface area contributed by atoms with Crippen molar-refractivity contribution in [2.45, 2.75) is 17.6 Å². The molecule has 3 aromatic rings. The standard InChI is InChI=1S/C25H19F2N3O2S/c1-16-5-7-18(8-6-16)23(31)30-21-4-2-3-17(14-21)13-19(15-28)24(32)29-20-9-11-22(12-10-20)33-25(26)27/h2-14,25H,1H3,(H,29,32)(H,30,31)/b19-13+. The molecule has 2 amide bonds. The zero-order valence-corrected chi connectivity index (χ0v) is 18.3. The van der Waals surface area contributed by atoms with E-state index in [9.17, 15) is 23.6 Å². The lowest BCUT2D eigenvalue weighted by Crippen LogP contribution is -2.13. The lowest BCUT2D eigenvalue weighted by Gasteiger charge is -2.08. The topological polar surface area (TPSA) is 82.0 Å². The van der Waals surface area contributed by atoms with E-state index in [1.165, 1.54) is 30.3 Å². The van der Waals surface area contributed by atoms with Crippen LogP contribution in [0.1, 0.15) is 21.5 Å². The number of carbonyl (C=O) groups excluding carboxylic acids is 2. The Balaban J connectivity index is 1.70. The summed E-state index contributed by atoms with van der Waals surface area (Å²) in [5.41, 5.74) is 2.84. The van der Waals surface area contributed by atoms with Gasteiger partial charge in [0.25, 0.3) is 17.6 Å². The van der Waals surface area contributed by atoms with Crippen molar-refractivity contribution in [1.82, 2.24) is 0 Å². The first kappa shape index (κ1) is 23.7. The van der Waals surface area contributed by atoms with Crippen LogP contribution in [0.3, 0.4) is 0 Å². The highest BCUT2D eigenvalue weighted by atomic mass is 32.2. The van der Waals surface area contributed by atoms with Crippen LogP contribution in [-0.2, 0) is 4.79 Å². The second-order valence-electron chi connectivity index (χ2n) is 6.97. The number of nitrogens with one attached hydrogen (secondary N) is 2. The minimum atomic E-state index is -2.53. The first-order valence-corrected chi connectivity index (χ1v) is 10.7. The Labute approximate surface area is 194 Å². The monoisotopic (exact) mass is 463 g/mol. The molecule has 3 rings (SSSR count). The summed E-state index contributed by atoms with van der Waals surface area (Å²) in [6, 6.07) is 21.6. The van der Waals surface area contributed by atoms with Crippen LogP contribution in [0.25, 0.3) is 6.08 Å². The first-order chi connectivity index (χ1) is 15.8. The van der Waals surface area contributed by atoms with Crippen LogP contribution in [-0.4, -0.2) is 17.6 Å². The van der Waals surface area contributed by atoms with Crippen LogP contribution in [0.4, 0.5) is 20.2 Å². The van der Waals surface area contributed by atoms with E-state index in [0.29, 0.717) is 39.2 Å². The molecule has 33 heavy (non-hydrogen) atoms. The van der Waals surface area contributed by atoms with Gasteiger partial charge in [-0.3, -0.25) is 9.59 Å². The zero-order chi connectivity index (χ0) is 23.8. The number of aryl methyl sites for hydroxylation is 1. The number of halogens is 2. The molecule has 166 valence electrons. The summed E-state index contributed by atoms with van der Waals surface area (Å²) in [6.45, 7) is 1.93. The van der Waals surface area contributed by atoms with Gasteiger partial charge >= 0.3 is 0 Å². The van der Waals surface area contributed by atoms with Gasteiger partial charge in [-0.1, -0.05) is 41.6 Å². The minimum absolute atomic E-state index is 0.150. The number of hydrogen-bond donors (Lipinski definition) is 2. The number of alkyl halides is 2. The number of nitriles is 1. The molecule has 0 aliphatic carbocycles. The van der Waals surface area contributed by atoms with Gasteiger partial charge in [0.05, 0.1) is 0 Å². The summed E-state index contributed by atoms with van der Waals surface area (Å²) >= 11 is 0.403. The quantitative estimate of drug-likeness (QED) is 0.252. The number of hydrogen-bond acceptors (Lipinski definition) is 4. The molecule has 0 saturated carbocycles. The zero-order valence-electron chi connectivity index (χ0n) is 17.5. The molecule has 0 saturated heterocycles. The Morgan fingerprint density at radius 2 is 1.67 bits per heavy atom. The van der Waals surface area contributed by atoms with Gasteiger partial charge in [0, 0.05) is 21.8 Å². The van der Waals surface area contributed by atoms with Crippen molar-refractivity contribution in [3.63, 3.8) is 0 Å². The Morgan fingerprint density at radius 1 is 0.970 bits per heavy atom. The fraction of sp³-hybridized carbons (Fsp3) is 0.0800. The Bertz CT molecular complexity index is 1220. The molecule has 2 N–H and O–H groups in total. The lowest BCUT2D eigenvalue weighted by atomic mass is 10.1. The minimum Gasteiger partial charge on any atom is -0.322 e. The number of anilines is 2. The summed E-state index contributed by atoms with van der Waals surface area (Å²) in [5, 5.41) is 14.8. The van der Waals surface area contributed by atoms with Gasteiger partial charge < -0.3 is 10.6 Å². The Morgan fingerprint density at radius 3 is 2.30 bits per heavy atom. The molecule has 0 aliphatic heterocycles. The average Bonchev–Trinajstić information content (AvgIpc) is 2.79. The number of rotatable bonds is 7. The summed E-state index contributed by atoms with van der Waals surface area (Å²) in [7, 11) is 0. The highest BCUT2D eigenvalue weighted by Crippen LogP contribution is 2.26. The van der Waals surface area contributed by atoms with Gasteiger partial charge in [0.1, 0.15) is 11.6 Å². The summed E-state index contributed by atoms with van der Waals surface area (Å²) in [5.74, 6) is -3.44. The van der Waals surface area contributed by atoms with Crippen molar-refractivity contribution in [2.75, 3.05) is 10.6 Å². The molecule has 0 fully saturated rings. The fourth-order valence-electron chi connectivity index (χ4n) is 2.85. The number of nitrogens with zero attached hydrogens (tertiary/aromatic N) is 1. The molecule has 3 aromatic carbocycles.